The third kappa shape index (κ3) is 2.62. The van der Waals surface area contributed by atoms with E-state index in [9.17, 15) is 39.5 Å². The molecule has 0 amide bonds. The van der Waals surface area contributed by atoms with Crippen molar-refractivity contribution in [2.24, 2.45) is 0 Å². The van der Waals surface area contributed by atoms with Gasteiger partial charge >= 0.3 is 23.9 Å². The van der Waals surface area contributed by atoms with Crippen LogP contribution in [0.15, 0.2) is 24.3 Å². The molecule has 0 aliphatic heterocycles. The number of anilines is 1. The molecule has 0 fully saturated rings. The van der Waals surface area contributed by atoms with E-state index in [1.807, 2.05) is 0 Å². The van der Waals surface area contributed by atoms with E-state index < -0.39 is 29.5 Å². The Hall–Kier alpha value is -1.61. The van der Waals surface area contributed by atoms with Crippen molar-refractivity contribution in [1.82, 2.24) is 0 Å². The summed E-state index contributed by atoms with van der Waals surface area (Å²) in [5.74, 6) is -19.2. The minimum Gasteiger partial charge on any atom is -0.388 e. The van der Waals surface area contributed by atoms with Crippen LogP contribution in [0.2, 0.25) is 0 Å². The molecule has 0 heterocycles. The lowest BCUT2D eigenvalue weighted by Gasteiger charge is -2.33. The molecule has 1 nitrogen and oxygen atoms in total. The minimum atomic E-state index is -6.88. The normalized spacial score (nSPS) is 14.2. The van der Waals surface area contributed by atoms with Crippen LogP contribution in [0.1, 0.15) is 5.56 Å². The van der Waals surface area contributed by atoms with Crippen LogP contribution in [-0.4, -0.2) is 25.1 Å². The average Bonchev–Trinajstić information content (AvgIpc) is 2.37. The first-order valence-corrected chi connectivity index (χ1v) is 5.27. The van der Waals surface area contributed by atoms with Crippen molar-refractivity contribution >= 4 is 5.69 Å². The highest BCUT2D eigenvalue weighted by atomic mass is 19.4. The quantitative estimate of drug-likeness (QED) is 0.795. The molecule has 0 aliphatic carbocycles. The lowest BCUT2D eigenvalue weighted by Crippen LogP contribution is -2.59. The number of alkyl halides is 9. The van der Waals surface area contributed by atoms with Gasteiger partial charge in [0.1, 0.15) is 0 Å². The first kappa shape index (κ1) is 17.4. The van der Waals surface area contributed by atoms with Crippen molar-refractivity contribution in [3.05, 3.63) is 29.8 Å². The largest absolute Gasteiger partial charge is 0.460 e. The van der Waals surface area contributed by atoms with Crippen LogP contribution in [0.5, 0.6) is 0 Å². The smallest absolute Gasteiger partial charge is 0.388 e. The van der Waals surface area contributed by atoms with Gasteiger partial charge in [-0.25, -0.2) is 0 Å². The fourth-order valence-corrected chi connectivity index (χ4v) is 1.40. The standard InChI is InChI=1S/C11H8F9N/c1-21-7-4-2-6(3-5-7)8(12,13)9(14,15)10(16,17)11(18,19)20/h2-5,21H,1H3. The Balaban J connectivity index is 3.32. The molecule has 1 rings (SSSR count). The number of hydrogen-bond acceptors (Lipinski definition) is 1. The van der Waals surface area contributed by atoms with Crippen molar-refractivity contribution in [2.45, 2.75) is 23.9 Å². The minimum absolute atomic E-state index is 0.181. The van der Waals surface area contributed by atoms with Gasteiger partial charge in [-0.2, -0.15) is 39.5 Å². The van der Waals surface area contributed by atoms with Gasteiger partial charge in [0.25, 0.3) is 0 Å². The summed E-state index contributed by atoms with van der Waals surface area (Å²) in [7, 11) is 1.36. The van der Waals surface area contributed by atoms with E-state index in [1.54, 1.807) is 0 Å². The molecule has 21 heavy (non-hydrogen) atoms. The molecule has 0 atom stereocenters. The average molecular weight is 325 g/mol. The summed E-state index contributed by atoms with van der Waals surface area (Å²) in [5.41, 5.74) is -1.48. The molecular weight excluding hydrogens is 317 g/mol. The Morgan fingerprint density at radius 2 is 1.14 bits per heavy atom. The molecular formula is C11H8F9N. The first-order chi connectivity index (χ1) is 9.29. The number of nitrogens with one attached hydrogen (secondary N) is 1. The molecule has 0 spiro atoms. The molecule has 1 aromatic carbocycles. The summed E-state index contributed by atoms with van der Waals surface area (Å²) in [4.78, 5) is 0. The molecule has 0 unspecified atom stereocenters. The molecule has 1 aromatic rings. The molecule has 0 radical (unpaired) electrons. The maximum Gasteiger partial charge on any atom is 0.460 e. The van der Waals surface area contributed by atoms with Crippen LogP contribution in [-0.2, 0) is 5.92 Å². The van der Waals surface area contributed by atoms with Gasteiger partial charge in [0.2, 0.25) is 0 Å². The fourth-order valence-electron chi connectivity index (χ4n) is 1.40. The highest BCUT2D eigenvalue weighted by Gasteiger charge is 2.81. The summed E-state index contributed by atoms with van der Waals surface area (Å²) in [6.07, 6.45) is -6.81. The summed E-state index contributed by atoms with van der Waals surface area (Å²) in [6.45, 7) is 0. The van der Waals surface area contributed by atoms with Gasteiger partial charge in [0.15, 0.2) is 0 Å². The molecule has 1 N–H and O–H groups in total. The topological polar surface area (TPSA) is 12.0 Å². The lowest BCUT2D eigenvalue weighted by atomic mass is 9.96. The SMILES string of the molecule is CNc1ccc(C(F)(F)C(F)(F)C(F)(F)C(F)(F)F)cc1. The van der Waals surface area contributed by atoms with Crippen molar-refractivity contribution in [2.75, 3.05) is 12.4 Å². The molecule has 0 aliphatic rings. The van der Waals surface area contributed by atoms with Crippen molar-refractivity contribution in [3.8, 4) is 0 Å². The van der Waals surface area contributed by atoms with Crippen LogP contribution in [0.25, 0.3) is 0 Å². The van der Waals surface area contributed by atoms with Gasteiger partial charge in [-0.05, 0) is 12.1 Å². The molecule has 0 saturated heterocycles. The Morgan fingerprint density at radius 1 is 0.714 bits per heavy atom. The number of benzene rings is 1. The predicted molar refractivity (Wildman–Crippen MR) is 55.8 cm³/mol. The molecule has 0 bridgehead atoms. The van der Waals surface area contributed by atoms with E-state index in [4.69, 9.17) is 0 Å². The summed E-state index contributed by atoms with van der Waals surface area (Å²) in [5, 5.41) is 2.44. The zero-order valence-corrected chi connectivity index (χ0v) is 10.2. The van der Waals surface area contributed by atoms with Crippen molar-refractivity contribution in [3.63, 3.8) is 0 Å². The van der Waals surface area contributed by atoms with Gasteiger partial charge < -0.3 is 5.32 Å². The third-order valence-electron chi connectivity index (χ3n) is 2.68. The predicted octanol–water partition coefficient (Wildman–Crippen LogP) is 4.65. The number of hydrogen-bond donors (Lipinski definition) is 1. The second-order valence-corrected chi connectivity index (χ2v) is 4.05. The molecule has 10 heteroatoms. The highest BCUT2D eigenvalue weighted by Crippen LogP contribution is 2.56. The van der Waals surface area contributed by atoms with Crippen LogP contribution < -0.4 is 5.32 Å². The van der Waals surface area contributed by atoms with Crippen molar-refractivity contribution < 1.29 is 39.5 Å². The number of rotatable bonds is 4. The van der Waals surface area contributed by atoms with Crippen LogP contribution in [0.3, 0.4) is 0 Å². The van der Waals surface area contributed by atoms with E-state index in [0.29, 0.717) is 12.1 Å². The second-order valence-electron chi connectivity index (χ2n) is 4.05. The van der Waals surface area contributed by atoms with Crippen LogP contribution in [0.4, 0.5) is 45.2 Å². The van der Waals surface area contributed by atoms with Gasteiger partial charge in [-0.1, -0.05) is 12.1 Å². The van der Waals surface area contributed by atoms with Crippen LogP contribution >= 0.6 is 0 Å². The van der Waals surface area contributed by atoms with Gasteiger partial charge in [0.05, 0.1) is 0 Å². The maximum absolute atomic E-state index is 13.4. The Bertz CT molecular complexity index is 489. The Labute approximate surface area is 112 Å². The molecule has 120 valence electrons. The van der Waals surface area contributed by atoms with Crippen molar-refractivity contribution in [1.29, 1.82) is 0 Å². The van der Waals surface area contributed by atoms with E-state index >= 15 is 0 Å². The highest BCUT2D eigenvalue weighted by molar-refractivity contribution is 5.45. The lowest BCUT2D eigenvalue weighted by molar-refractivity contribution is -0.399. The monoisotopic (exact) mass is 325 g/mol. The van der Waals surface area contributed by atoms with E-state index in [0.717, 1.165) is 12.1 Å². The van der Waals surface area contributed by atoms with E-state index in [2.05, 4.69) is 5.32 Å². The van der Waals surface area contributed by atoms with Gasteiger partial charge in [-0.15, -0.1) is 0 Å². The first-order valence-electron chi connectivity index (χ1n) is 5.27. The fraction of sp³-hybridized carbons (Fsp3) is 0.455. The third-order valence-corrected chi connectivity index (χ3v) is 2.68. The van der Waals surface area contributed by atoms with Gasteiger partial charge in [0, 0.05) is 18.3 Å². The van der Waals surface area contributed by atoms with E-state index in [-0.39, 0.29) is 5.69 Å². The Morgan fingerprint density at radius 3 is 1.48 bits per heavy atom. The van der Waals surface area contributed by atoms with E-state index in [1.165, 1.54) is 7.05 Å². The Kier molecular flexibility index (Phi) is 4.14. The zero-order chi connectivity index (χ0) is 16.7. The summed E-state index contributed by atoms with van der Waals surface area (Å²) in [6, 6.07) is 2.36. The summed E-state index contributed by atoms with van der Waals surface area (Å²) >= 11 is 0. The van der Waals surface area contributed by atoms with Crippen LogP contribution in [0, 0.1) is 0 Å². The molecule has 0 aromatic heterocycles. The zero-order valence-electron chi connectivity index (χ0n) is 10.2. The summed E-state index contributed by atoms with van der Waals surface area (Å²) < 4.78 is 114. The van der Waals surface area contributed by atoms with Gasteiger partial charge in [-0.3, -0.25) is 0 Å². The second kappa shape index (κ2) is 4.99. The molecule has 0 saturated carbocycles. The maximum atomic E-state index is 13.4. The number of halogens is 9.